The minimum atomic E-state index is -0.445. The predicted octanol–water partition coefficient (Wildman–Crippen LogP) is 0.249. The van der Waals surface area contributed by atoms with Crippen LogP contribution in [0.1, 0.15) is 33.1 Å². The molecular weight excluding hydrogens is 180 g/mol. The van der Waals surface area contributed by atoms with Crippen LogP contribution in [0.5, 0.6) is 0 Å². The lowest BCUT2D eigenvalue weighted by molar-refractivity contribution is -0.125. The van der Waals surface area contributed by atoms with Crippen molar-refractivity contribution < 1.29 is 9.90 Å². The summed E-state index contributed by atoms with van der Waals surface area (Å²) in [4.78, 5) is 11.5. The molecule has 1 amide bonds. The molecule has 0 aromatic heterocycles. The Morgan fingerprint density at radius 2 is 2.14 bits per heavy atom. The van der Waals surface area contributed by atoms with E-state index in [2.05, 4.69) is 5.32 Å². The summed E-state index contributed by atoms with van der Waals surface area (Å²) < 4.78 is 0. The first-order valence-electron chi connectivity index (χ1n) is 5.31. The number of rotatable bonds is 7. The zero-order valence-corrected chi connectivity index (χ0v) is 9.12. The molecule has 2 atom stereocenters. The topological polar surface area (TPSA) is 75.4 Å². The van der Waals surface area contributed by atoms with Gasteiger partial charge in [-0.1, -0.05) is 20.3 Å². The van der Waals surface area contributed by atoms with Crippen LogP contribution in [0, 0.1) is 5.92 Å². The molecule has 0 fully saturated rings. The van der Waals surface area contributed by atoms with Crippen LogP contribution < -0.4 is 11.1 Å². The van der Waals surface area contributed by atoms with Crippen molar-refractivity contribution in [3.05, 3.63) is 0 Å². The Labute approximate surface area is 85.9 Å². The van der Waals surface area contributed by atoms with Crippen molar-refractivity contribution in [1.29, 1.82) is 0 Å². The summed E-state index contributed by atoms with van der Waals surface area (Å²) in [6.07, 6.45) is 1.97. The maximum absolute atomic E-state index is 11.5. The Morgan fingerprint density at radius 3 is 2.57 bits per heavy atom. The van der Waals surface area contributed by atoms with E-state index in [1.54, 1.807) is 0 Å². The van der Waals surface area contributed by atoms with Gasteiger partial charge in [-0.15, -0.1) is 0 Å². The van der Waals surface area contributed by atoms with Gasteiger partial charge in [0, 0.05) is 13.1 Å². The highest BCUT2D eigenvalue weighted by molar-refractivity contribution is 5.78. The second-order valence-corrected chi connectivity index (χ2v) is 3.53. The second-order valence-electron chi connectivity index (χ2n) is 3.53. The molecule has 4 nitrogen and oxygen atoms in total. The fraction of sp³-hybridized carbons (Fsp3) is 0.900. The fourth-order valence-corrected chi connectivity index (χ4v) is 1.21. The van der Waals surface area contributed by atoms with E-state index in [1.807, 2.05) is 13.8 Å². The number of carbonyl (C=O) groups is 1. The Morgan fingerprint density at radius 1 is 1.50 bits per heavy atom. The summed E-state index contributed by atoms with van der Waals surface area (Å²) >= 11 is 0. The number of hydrogen-bond donors (Lipinski definition) is 3. The van der Waals surface area contributed by atoms with E-state index < -0.39 is 6.10 Å². The van der Waals surface area contributed by atoms with Gasteiger partial charge in [0.2, 0.25) is 5.91 Å². The number of hydrogen-bond acceptors (Lipinski definition) is 3. The lowest BCUT2D eigenvalue weighted by Crippen LogP contribution is -2.38. The molecule has 0 aromatic carbocycles. The Hall–Kier alpha value is -0.610. The van der Waals surface area contributed by atoms with Gasteiger partial charge in [-0.05, 0) is 12.8 Å². The monoisotopic (exact) mass is 202 g/mol. The summed E-state index contributed by atoms with van der Waals surface area (Å²) in [5.74, 6) is -0.147. The van der Waals surface area contributed by atoms with E-state index in [4.69, 9.17) is 5.73 Å². The second kappa shape index (κ2) is 7.76. The lowest BCUT2D eigenvalue weighted by atomic mass is 10.0. The molecule has 0 spiro atoms. The van der Waals surface area contributed by atoms with Crippen molar-refractivity contribution in [1.82, 2.24) is 5.32 Å². The number of aliphatic hydroxyl groups is 1. The molecule has 0 rings (SSSR count). The standard InChI is InChI=1S/C10H22N2O2/c1-3-5-8(6-11)10(14)12-7-9(13)4-2/h8-9,13H,3-7,11H2,1-2H3,(H,12,14). The third-order valence-electron chi connectivity index (χ3n) is 2.28. The molecule has 0 aliphatic carbocycles. The van der Waals surface area contributed by atoms with Gasteiger partial charge in [-0.25, -0.2) is 0 Å². The van der Waals surface area contributed by atoms with E-state index in [-0.39, 0.29) is 11.8 Å². The zero-order chi connectivity index (χ0) is 11.0. The highest BCUT2D eigenvalue weighted by atomic mass is 16.3. The van der Waals surface area contributed by atoms with Crippen LogP contribution in [0.15, 0.2) is 0 Å². The molecule has 4 heteroatoms. The average molecular weight is 202 g/mol. The molecule has 84 valence electrons. The fourth-order valence-electron chi connectivity index (χ4n) is 1.21. The summed E-state index contributed by atoms with van der Waals surface area (Å²) in [6.45, 7) is 4.61. The number of amides is 1. The third-order valence-corrected chi connectivity index (χ3v) is 2.28. The van der Waals surface area contributed by atoms with Gasteiger partial charge < -0.3 is 16.2 Å². The highest BCUT2D eigenvalue weighted by Gasteiger charge is 2.15. The first-order valence-corrected chi connectivity index (χ1v) is 5.31. The van der Waals surface area contributed by atoms with Gasteiger partial charge in [-0.3, -0.25) is 4.79 Å². The van der Waals surface area contributed by atoms with Crippen molar-refractivity contribution in [2.24, 2.45) is 11.7 Å². The van der Waals surface area contributed by atoms with Gasteiger partial charge in [0.25, 0.3) is 0 Å². The van der Waals surface area contributed by atoms with Gasteiger partial charge in [0.05, 0.1) is 12.0 Å². The largest absolute Gasteiger partial charge is 0.391 e. The SMILES string of the molecule is CCCC(CN)C(=O)NCC(O)CC. The Balaban J connectivity index is 3.80. The summed E-state index contributed by atoms with van der Waals surface area (Å²) in [5.41, 5.74) is 5.48. The van der Waals surface area contributed by atoms with Crippen molar-refractivity contribution in [3.63, 3.8) is 0 Å². The average Bonchev–Trinajstić information content (AvgIpc) is 2.21. The number of nitrogens with one attached hydrogen (secondary N) is 1. The molecule has 0 aliphatic heterocycles. The first-order chi connectivity index (χ1) is 6.65. The Bertz CT molecular complexity index is 162. The lowest BCUT2D eigenvalue weighted by Gasteiger charge is -2.15. The van der Waals surface area contributed by atoms with Crippen LogP contribution in [0.2, 0.25) is 0 Å². The maximum Gasteiger partial charge on any atom is 0.224 e. The summed E-state index contributed by atoms with van der Waals surface area (Å²) in [7, 11) is 0. The van der Waals surface area contributed by atoms with E-state index in [0.29, 0.717) is 19.5 Å². The molecule has 0 aromatic rings. The molecule has 0 saturated heterocycles. The molecule has 0 bridgehead atoms. The van der Waals surface area contributed by atoms with Crippen LogP contribution >= 0.6 is 0 Å². The van der Waals surface area contributed by atoms with Gasteiger partial charge in [0.15, 0.2) is 0 Å². The Kier molecular flexibility index (Phi) is 7.42. The minimum absolute atomic E-state index is 0.0400. The quantitative estimate of drug-likeness (QED) is 0.554. The maximum atomic E-state index is 11.5. The van der Waals surface area contributed by atoms with E-state index >= 15 is 0 Å². The van der Waals surface area contributed by atoms with Crippen LogP contribution in [-0.4, -0.2) is 30.2 Å². The zero-order valence-electron chi connectivity index (χ0n) is 9.12. The van der Waals surface area contributed by atoms with Crippen LogP contribution in [-0.2, 0) is 4.79 Å². The van der Waals surface area contributed by atoms with Crippen molar-refractivity contribution >= 4 is 5.91 Å². The van der Waals surface area contributed by atoms with Crippen molar-refractivity contribution in [3.8, 4) is 0 Å². The highest BCUT2D eigenvalue weighted by Crippen LogP contribution is 2.04. The van der Waals surface area contributed by atoms with Gasteiger partial charge in [0.1, 0.15) is 0 Å². The smallest absolute Gasteiger partial charge is 0.224 e. The van der Waals surface area contributed by atoms with E-state index in [0.717, 1.165) is 12.8 Å². The molecule has 0 radical (unpaired) electrons. The van der Waals surface area contributed by atoms with Crippen LogP contribution in [0.3, 0.4) is 0 Å². The predicted molar refractivity (Wildman–Crippen MR) is 56.8 cm³/mol. The van der Waals surface area contributed by atoms with Gasteiger partial charge >= 0.3 is 0 Å². The van der Waals surface area contributed by atoms with E-state index in [9.17, 15) is 9.90 Å². The van der Waals surface area contributed by atoms with Gasteiger partial charge in [-0.2, -0.15) is 0 Å². The molecule has 14 heavy (non-hydrogen) atoms. The third kappa shape index (κ3) is 5.19. The minimum Gasteiger partial charge on any atom is -0.391 e. The van der Waals surface area contributed by atoms with Crippen LogP contribution in [0.4, 0.5) is 0 Å². The van der Waals surface area contributed by atoms with E-state index in [1.165, 1.54) is 0 Å². The molecule has 0 saturated carbocycles. The van der Waals surface area contributed by atoms with Crippen LogP contribution in [0.25, 0.3) is 0 Å². The normalized spacial score (nSPS) is 14.9. The molecule has 2 unspecified atom stereocenters. The number of aliphatic hydroxyl groups excluding tert-OH is 1. The molecule has 4 N–H and O–H groups in total. The molecule has 0 heterocycles. The first kappa shape index (κ1) is 13.4. The molecule has 0 aliphatic rings. The number of carbonyl (C=O) groups excluding carboxylic acids is 1. The summed E-state index contributed by atoms with van der Waals surface area (Å²) in [6, 6.07) is 0. The van der Waals surface area contributed by atoms with Crippen molar-refractivity contribution in [2.75, 3.05) is 13.1 Å². The van der Waals surface area contributed by atoms with Crippen molar-refractivity contribution in [2.45, 2.75) is 39.2 Å². The molecular formula is C10H22N2O2. The summed E-state index contributed by atoms with van der Waals surface area (Å²) in [5, 5.41) is 11.9. The number of nitrogens with two attached hydrogens (primary N) is 1.